The van der Waals surface area contributed by atoms with Gasteiger partial charge in [-0.05, 0) is 37.6 Å². The molecule has 0 fully saturated rings. The fourth-order valence-electron chi connectivity index (χ4n) is 1.48. The molecule has 0 aliphatic rings. The molecular weight excluding hydrogens is 298 g/mol. The Labute approximate surface area is 112 Å². The standard InChI is InChI=1S/C12H10BrN3S/c1-7-5-9(13)3-4-10(7)16-12-11(6-14)17-8(2)15-12/h3-5,16H,1-2H3. The number of nitrogens with one attached hydrogen (secondary N) is 1. The molecule has 3 nitrogen and oxygen atoms in total. The highest BCUT2D eigenvalue weighted by atomic mass is 79.9. The number of aromatic nitrogens is 1. The van der Waals surface area contributed by atoms with Crippen LogP contribution in [-0.4, -0.2) is 4.98 Å². The van der Waals surface area contributed by atoms with Crippen LogP contribution in [0.5, 0.6) is 0 Å². The van der Waals surface area contributed by atoms with Crippen LogP contribution >= 0.6 is 27.3 Å². The quantitative estimate of drug-likeness (QED) is 0.907. The summed E-state index contributed by atoms with van der Waals surface area (Å²) >= 11 is 4.82. The molecule has 0 saturated heterocycles. The average molecular weight is 308 g/mol. The molecule has 1 heterocycles. The minimum Gasteiger partial charge on any atom is -0.338 e. The predicted octanol–water partition coefficient (Wildman–Crippen LogP) is 4.14. The summed E-state index contributed by atoms with van der Waals surface area (Å²) in [7, 11) is 0. The highest BCUT2D eigenvalue weighted by Crippen LogP contribution is 2.27. The molecule has 5 heteroatoms. The third kappa shape index (κ3) is 2.65. The van der Waals surface area contributed by atoms with Crippen molar-refractivity contribution >= 4 is 38.8 Å². The van der Waals surface area contributed by atoms with Crippen LogP contribution in [0.2, 0.25) is 0 Å². The Hall–Kier alpha value is -1.38. The van der Waals surface area contributed by atoms with Gasteiger partial charge in [0, 0.05) is 10.2 Å². The molecule has 0 atom stereocenters. The zero-order chi connectivity index (χ0) is 12.4. The summed E-state index contributed by atoms with van der Waals surface area (Å²) in [5.74, 6) is 0.639. The van der Waals surface area contributed by atoms with Crippen molar-refractivity contribution in [3.05, 3.63) is 38.1 Å². The van der Waals surface area contributed by atoms with Crippen LogP contribution in [0, 0.1) is 25.2 Å². The van der Waals surface area contributed by atoms with Crippen LogP contribution in [0.3, 0.4) is 0 Å². The van der Waals surface area contributed by atoms with E-state index in [4.69, 9.17) is 5.26 Å². The van der Waals surface area contributed by atoms with E-state index in [0.717, 1.165) is 20.7 Å². The minimum atomic E-state index is 0.616. The lowest BCUT2D eigenvalue weighted by molar-refractivity contribution is 1.27. The Kier molecular flexibility index (Phi) is 3.46. The molecule has 0 bridgehead atoms. The van der Waals surface area contributed by atoms with Crippen molar-refractivity contribution in [2.24, 2.45) is 0 Å². The SMILES string of the molecule is Cc1nc(Nc2ccc(Br)cc2C)c(C#N)s1. The van der Waals surface area contributed by atoms with Gasteiger partial charge >= 0.3 is 0 Å². The van der Waals surface area contributed by atoms with E-state index in [9.17, 15) is 0 Å². The maximum atomic E-state index is 9.00. The molecule has 1 aromatic heterocycles. The van der Waals surface area contributed by atoms with Crippen LogP contribution in [-0.2, 0) is 0 Å². The van der Waals surface area contributed by atoms with Crippen molar-refractivity contribution in [2.75, 3.05) is 5.32 Å². The summed E-state index contributed by atoms with van der Waals surface area (Å²) in [6.45, 7) is 3.91. The Morgan fingerprint density at radius 3 is 2.82 bits per heavy atom. The second-order valence-corrected chi connectivity index (χ2v) is 5.73. The molecule has 1 N–H and O–H groups in total. The van der Waals surface area contributed by atoms with Crippen molar-refractivity contribution < 1.29 is 0 Å². The average Bonchev–Trinajstić information content (AvgIpc) is 2.63. The third-order valence-electron chi connectivity index (χ3n) is 2.28. The minimum absolute atomic E-state index is 0.616. The van der Waals surface area contributed by atoms with Gasteiger partial charge in [0.1, 0.15) is 10.9 Å². The first-order valence-electron chi connectivity index (χ1n) is 5.01. The van der Waals surface area contributed by atoms with Gasteiger partial charge in [0.25, 0.3) is 0 Å². The molecule has 0 saturated carbocycles. The van der Waals surface area contributed by atoms with Gasteiger partial charge < -0.3 is 5.32 Å². The molecule has 1 aromatic carbocycles. The summed E-state index contributed by atoms with van der Waals surface area (Å²) in [4.78, 5) is 4.93. The summed E-state index contributed by atoms with van der Waals surface area (Å²) < 4.78 is 1.04. The lowest BCUT2D eigenvalue weighted by Gasteiger charge is -2.07. The summed E-state index contributed by atoms with van der Waals surface area (Å²) in [5.41, 5.74) is 2.07. The topological polar surface area (TPSA) is 48.7 Å². The van der Waals surface area contributed by atoms with Crippen LogP contribution in [0.25, 0.3) is 0 Å². The normalized spacial score (nSPS) is 10.0. The van der Waals surface area contributed by atoms with Crippen LogP contribution in [0.4, 0.5) is 11.5 Å². The lowest BCUT2D eigenvalue weighted by Crippen LogP contribution is -1.95. The number of hydrogen-bond donors (Lipinski definition) is 1. The van der Waals surface area contributed by atoms with Gasteiger partial charge in [-0.2, -0.15) is 5.26 Å². The molecule has 0 aliphatic carbocycles. The number of aryl methyl sites for hydroxylation is 2. The van der Waals surface area contributed by atoms with Gasteiger partial charge in [0.2, 0.25) is 0 Å². The number of nitriles is 1. The number of hydrogen-bond acceptors (Lipinski definition) is 4. The van der Waals surface area contributed by atoms with Crippen molar-refractivity contribution in [3.63, 3.8) is 0 Å². The van der Waals surface area contributed by atoms with Gasteiger partial charge in [-0.15, -0.1) is 11.3 Å². The molecule has 17 heavy (non-hydrogen) atoms. The van der Waals surface area contributed by atoms with Crippen molar-refractivity contribution in [1.82, 2.24) is 4.98 Å². The Balaban J connectivity index is 2.35. The van der Waals surface area contributed by atoms with Crippen LogP contribution in [0.15, 0.2) is 22.7 Å². The van der Waals surface area contributed by atoms with Crippen molar-refractivity contribution in [2.45, 2.75) is 13.8 Å². The number of anilines is 2. The molecular formula is C12H10BrN3S. The Morgan fingerprint density at radius 1 is 1.41 bits per heavy atom. The monoisotopic (exact) mass is 307 g/mol. The van der Waals surface area contributed by atoms with E-state index in [2.05, 4.69) is 32.3 Å². The molecule has 0 radical (unpaired) electrons. The summed E-state index contributed by atoms with van der Waals surface area (Å²) in [5, 5.41) is 13.1. The zero-order valence-electron chi connectivity index (χ0n) is 9.41. The molecule has 86 valence electrons. The van der Waals surface area contributed by atoms with E-state index in [-0.39, 0.29) is 0 Å². The third-order valence-corrected chi connectivity index (χ3v) is 3.65. The number of halogens is 1. The van der Waals surface area contributed by atoms with Gasteiger partial charge in [-0.1, -0.05) is 15.9 Å². The number of benzene rings is 1. The van der Waals surface area contributed by atoms with Crippen LogP contribution in [0.1, 0.15) is 15.4 Å². The second-order valence-electron chi connectivity index (χ2n) is 3.61. The number of thiazole rings is 1. The Bertz CT molecular complexity index is 598. The smallest absolute Gasteiger partial charge is 0.159 e. The van der Waals surface area contributed by atoms with E-state index >= 15 is 0 Å². The van der Waals surface area contributed by atoms with Gasteiger partial charge in [0.05, 0.1) is 5.01 Å². The maximum absolute atomic E-state index is 9.00. The fourth-order valence-corrected chi connectivity index (χ4v) is 2.63. The number of rotatable bonds is 2. The molecule has 0 unspecified atom stereocenters. The van der Waals surface area contributed by atoms with E-state index in [1.807, 2.05) is 32.0 Å². The lowest BCUT2D eigenvalue weighted by atomic mass is 10.2. The fraction of sp³-hybridized carbons (Fsp3) is 0.167. The first-order chi connectivity index (χ1) is 8.10. The molecule has 2 aromatic rings. The van der Waals surface area contributed by atoms with Crippen LogP contribution < -0.4 is 5.32 Å². The first kappa shape index (κ1) is 12.1. The largest absolute Gasteiger partial charge is 0.338 e. The molecule has 0 amide bonds. The van der Waals surface area contributed by atoms with E-state index in [1.54, 1.807) is 0 Å². The summed E-state index contributed by atoms with van der Waals surface area (Å²) in [6.07, 6.45) is 0. The summed E-state index contributed by atoms with van der Waals surface area (Å²) in [6, 6.07) is 8.10. The van der Waals surface area contributed by atoms with E-state index in [0.29, 0.717) is 10.7 Å². The van der Waals surface area contributed by atoms with Gasteiger partial charge in [0.15, 0.2) is 5.82 Å². The van der Waals surface area contributed by atoms with E-state index in [1.165, 1.54) is 11.3 Å². The highest BCUT2D eigenvalue weighted by molar-refractivity contribution is 9.10. The van der Waals surface area contributed by atoms with Gasteiger partial charge in [-0.3, -0.25) is 0 Å². The van der Waals surface area contributed by atoms with Crippen molar-refractivity contribution in [3.8, 4) is 6.07 Å². The second kappa shape index (κ2) is 4.86. The zero-order valence-corrected chi connectivity index (χ0v) is 11.8. The highest BCUT2D eigenvalue weighted by Gasteiger charge is 2.09. The predicted molar refractivity (Wildman–Crippen MR) is 73.7 cm³/mol. The number of nitrogens with zero attached hydrogens (tertiary/aromatic N) is 2. The van der Waals surface area contributed by atoms with Crippen molar-refractivity contribution in [1.29, 1.82) is 5.26 Å². The van der Waals surface area contributed by atoms with E-state index < -0.39 is 0 Å². The van der Waals surface area contributed by atoms with Gasteiger partial charge in [-0.25, -0.2) is 4.98 Å². The Morgan fingerprint density at radius 2 is 2.18 bits per heavy atom. The first-order valence-corrected chi connectivity index (χ1v) is 6.62. The molecule has 0 spiro atoms. The molecule has 0 aliphatic heterocycles. The maximum Gasteiger partial charge on any atom is 0.159 e. The molecule has 2 rings (SSSR count).